The van der Waals surface area contributed by atoms with Crippen LogP contribution in [0, 0.1) is 5.82 Å². The molecule has 3 rings (SSSR count). The van der Waals surface area contributed by atoms with Gasteiger partial charge in [-0.1, -0.05) is 18.2 Å². The van der Waals surface area contributed by atoms with Crippen molar-refractivity contribution in [3.05, 3.63) is 70.9 Å². The van der Waals surface area contributed by atoms with Crippen LogP contribution in [0.3, 0.4) is 0 Å². The maximum atomic E-state index is 13.1. The van der Waals surface area contributed by atoms with Crippen molar-refractivity contribution in [3.63, 3.8) is 0 Å². The number of amides is 1. The van der Waals surface area contributed by atoms with Crippen LogP contribution in [-0.2, 0) is 20.6 Å². The van der Waals surface area contributed by atoms with Crippen LogP contribution in [-0.4, -0.2) is 19.5 Å². The Morgan fingerprint density at radius 2 is 1.88 bits per heavy atom. The highest BCUT2D eigenvalue weighted by molar-refractivity contribution is 7.88. The first-order chi connectivity index (χ1) is 12.4. The van der Waals surface area contributed by atoms with Crippen LogP contribution in [0.1, 0.15) is 17.2 Å². The molecule has 0 spiro atoms. The van der Waals surface area contributed by atoms with Crippen LogP contribution in [0.4, 0.5) is 4.39 Å². The van der Waals surface area contributed by atoms with Gasteiger partial charge in [-0.15, -0.1) is 11.3 Å². The maximum Gasteiger partial charge on any atom is 0.266 e. The van der Waals surface area contributed by atoms with Crippen molar-refractivity contribution < 1.29 is 22.8 Å². The van der Waals surface area contributed by atoms with E-state index < -0.39 is 27.8 Å². The van der Waals surface area contributed by atoms with Crippen molar-refractivity contribution in [2.24, 2.45) is 0 Å². The quantitative estimate of drug-likeness (QED) is 0.442. The maximum absolute atomic E-state index is 13.1. The number of hydroxylamine groups is 1. The lowest BCUT2D eigenvalue weighted by atomic mass is 10.1. The van der Waals surface area contributed by atoms with Crippen LogP contribution in [0.25, 0.3) is 10.1 Å². The first-order valence-corrected chi connectivity index (χ1v) is 10.1. The molecule has 0 aliphatic rings. The number of benzene rings is 2. The van der Waals surface area contributed by atoms with Gasteiger partial charge < -0.3 is 0 Å². The van der Waals surface area contributed by atoms with E-state index in [2.05, 4.69) is 4.72 Å². The van der Waals surface area contributed by atoms with Gasteiger partial charge in [0.1, 0.15) is 11.9 Å². The molecule has 1 amide bonds. The van der Waals surface area contributed by atoms with E-state index in [9.17, 15) is 17.6 Å². The topological polar surface area (TPSA) is 95.5 Å². The van der Waals surface area contributed by atoms with Gasteiger partial charge in [-0.3, -0.25) is 10.0 Å². The predicted octanol–water partition coefficient (Wildman–Crippen LogP) is 2.71. The number of carbonyl (C=O) groups is 1. The third kappa shape index (κ3) is 4.25. The Bertz CT molecular complexity index is 1030. The summed E-state index contributed by atoms with van der Waals surface area (Å²) >= 11 is 1.55. The van der Waals surface area contributed by atoms with Crippen LogP contribution in [0.5, 0.6) is 0 Å². The molecule has 0 fully saturated rings. The summed E-state index contributed by atoms with van der Waals surface area (Å²) in [6.45, 7) is 0. The third-order valence-electron chi connectivity index (χ3n) is 3.75. The van der Waals surface area contributed by atoms with Crippen molar-refractivity contribution in [1.82, 2.24) is 10.2 Å². The Morgan fingerprint density at radius 1 is 1.15 bits per heavy atom. The largest absolute Gasteiger partial charge is 0.289 e. The molecule has 0 bridgehead atoms. The van der Waals surface area contributed by atoms with Crippen molar-refractivity contribution in [2.45, 2.75) is 11.8 Å². The zero-order valence-electron chi connectivity index (χ0n) is 13.3. The summed E-state index contributed by atoms with van der Waals surface area (Å²) in [5.41, 5.74) is 2.19. The first kappa shape index (κ1) is 18.5. The lowest BCUT2D eigenvalue weighted by Gasteiger charge is -2.17. The highest BCUT2D eigenvalue weighted by Crippen LogP contribution is 2.23. The second-order valence-electron chi connectivity index (χ2n) is 5.63. The number of hydrogen-bond acceptors (Lipinski definition) is 5. The molecule has 0 aliphatic heterocycles. The van der Waals surface area contributed by atoms with Gasteiger partial charge >= 0.3 is 0 Å². The van der Waals surface area contributed by atoms with E-state index in [-0.39, 0.29) is 11.3 Å². The summed E-state index contributed by atoms with van der Waals surface area (Å²) < 4.78 is 41.4. The van der Waals surface area contributed by atoms with Gasteiger partial charge in [0.25, 0.3) is 5.91 Å². The summed E-state index contributed by atoms with van der Waals surface area (Å²) in [6.07, 6.45) is 0. The number of carbonyl (C=O) groups excluding carboxylic acids is 1. The molecule has 3 aromatic rings. The Morgan fingerprint density at radius 3 is 2.58 bits per heavy atom. The van der Waals surface area contributed by atoms with Gasteiger partial charge in [0.15, 0.2) is 0 Å². The molecule has 136 valence electrons. The number of fused-ring (bicyclic) bond motifs is 1. The van der Waals surface area contributed by atoms with E-state index in [1.54, 1.807) is 23.5 Å². The van der Waals surface area contributed by atoms with E-state index >= 15 is 0 Å². The summed E-state index contributed by atoms with van der Waals surface area (Å²) in [6, 6.07) is 10.6. The molecule has 1 aromatic heterocycles. The lowest BCUT2D eigenvalue weighted by molar-refractivity contribution is -0.131. The van der Waals surface area contributed by atoms with E-state index in [4.69, 9.17) is 5.21 Å². The standard InChI is InChI=1S/C17H15FN2O4S2/c18-14-4-2-12(3-5-14)16(17(21)19-22)20-26(23,24)10-11-1-6-15-13(9-11)7-8-25-15/h1-9,16,20,22H,10H2,(H,19,21)/t16-/m1/s1. The average molecular weight is 394 g/mol. The normalized spacial score (nSPS) is 12.8. The molecule has 1 atom stereocenters. The Hall–Kier alpha value is -2.33. The molecular formula is C17H15FN2O4S2. The fraction of sp³-hybridized carbons (Fsp3) is 0.118. The number of rotatable bonds is 6. The Balaban J connectivity index is 1.84. The van der Waals surface area contributed by atoms with E-state index in [0.717, 1.165) is 22.2 Å². The lowest BCUT2D eigenvalue weighted by Crippen LogP contribution is -2.39. The number of sulfonamides is 1. The number of hydrogen-bond donors (Lipinski definition) is 3. The van der Waals surface area contributed by atoms with E-state index in [1.807, 2.05) is 17.5 Å². The van der Waals surface area contributed by atoms with Crippen LogP contribution < -0.4 is 10.2 Å². The molecule has 3 N–H and O–H groups in total. The molecule has 9 heteroatoms. The zero-order valence-corrected chi connectivity index (χ0v) is 15.0. The SMILES string of the molecule is O=C(NO)[C@H](NS(=O)(=O)Cc1ccc2sccc2c1)c1ccc(F)cc1. The van der Waals surface area contributed by atoms with Gasteiger partial charge in [0, 0.05) is 4.70 Å². The third-order valence-corrected chi connectivity index (χ3v) is 5.95. The van der Waals surface area contributed by atoms with Crippen molar-refractivity contribution >= 4 is 37.4 Å². The predicted molar refractivity (Wildman–Crippen MR) is 96.7 cm³/mol. The van der Waals surface area contributed by atoms with E-state index in [1.165, 1.54) is 17.6 Å². The summed E-state index contributed by atoms with van der Waals surface area (Å²) in [5, 5.41) is 11.7. The summed E-state index contributed by atoms with van der Waals surface area (Å²) in [5.74, 6) is -1.83. The second kappa shape index (κ2) is 7.50. The highest BCUT2D eigenvalue weighted by atomic mass is 32.2. The van der Waals surface area contributed by atoms with Gasteiger partial charge in [-0.2, -0.15) is 4.72 Å². The minimum Gasteiger partial charge on any atom is -0.289 e. The van der Waals surface area contributed by atoms with Crippen LogP contribution in [0.15, 0.2) is 53.9 Å². The fourth-order valence-corrected chi connectivity index (χ4v) is 4.61. The average Bonchev–Trinajstić information content (AvgIpc) is 3.07. The number of halogens is 1. The molecule has 26 heavy (non-hydrogen) atoms. The van der Waals surface area contributed by atoms with Gasteiger partial charge in [0.05, 0.1) is 5.75 Å². The van der Waals surface area contributed by atoms with Crippen LogP contribution in [0.2, 0.25) is 0 Å². The summed E-state index contributed by atoms with van der Waals surface area (Å²) in [4.78, 5) is 11.9. The van der Waals surface area contributed by atoms with Gasteiger partial charge in [-0.25, -0.2) is 18.3 Å². The minimum absolute atomic E-state index is 0.204. The molecule has 0 saturated heterocycles. The second-order valence-corrected chi connectivity index (χ2v) is 8.33. The Kier molecular flexibility index (Phi) is 5.33. The zero-order chi connectivity index (χ0) is 18.7. The van der Waals surface area contributed by atoms with Crippen LogP contribution >= 0.6 is 11.3 Å². The molecule has 2 aromatic carbocycles. The van der Waals surface area contributed by atoms with E-state index in [0.29, 0.717) is 5.56 Å². The molecule has 0 unspecified atom stereocenters. The first-order valence-electron chi connectivity index (χ1n) is 7.53. The number of thiophene rings is 1. The highest BCUT2D eigenvalue weighted by Gasteiger charge is 2.26. The number of nitrogens with one attached hydrogen (secondary N) is 2. The van der Waals surface area contributed by atoms with Crippen molar-refractivity contribution in [2.75, 3.05) is 0 Å². The fourth-order valence-electron chi connectivity index (χ4n) is 2.54. The minimum atomic E-state index is -3.91. The molecule has 0 aliphatic carbocycles. The monoisotopic (exact) mass is 394 g/mol. The molecule has 0 saturated carbocycles. The molecule has 1 heterocycles. The molecule has 6 nitrogen and oxygen atoms in total. The molecular weight excluding hydrogens is 379 g/mol. The molecule has 0 radical (unpaired) electrons. The van der Waals surface area contributed by atoms with Gasteiger partial charge in [-0.05, 0) is 52.2 Å². The Labute approximate surface area is 153 Å². The van der Waals surface area contributed by atoms with Gasteiger partial charge in [0.2, 0.25) is 10.0 Å². The smallest absolute Gasteiger partial charge is 0.266 e. The van der Waals surface area contributed by atoms with Crippen molar-refractivity contribution in [3.8, 4) is 0 Å². The summed E-state index contributed by atoms with van der Waals surface area (Å²) in [7, 11) is -3.91. The van der Waals surface area contributed by atoms with Crippen molar-refractivity contribution in [1.29, 1.82) is 0 Å².